The number of aliphatic carboxylic acids is 1. The molecule has 0 saturated heterocycles. The van der Waals surface area contributed by atoms with Crippen LogP contribution in [0.4, 0.5) is 0 Å². The molecule has 0 aromatic heterocycles. The minimum absolute atomic E-state index is 0.00749. The van der Waals surface area contributed by atoms with Crippen molar-refractivity contribution in [1.29, 1.82) is 0 Å². The topological polar surface area (TPSA) is 70.1 Å². The first-order valence-corrected chi connectivity index (χ1v) is 7.62. The fourth-order valence-electron chi connectivity index (χ4n) is 2.76. The maximum Gasteiger partial charge on any atom is 0.317 e. The van der Waals surface area contributed by atoms with Gasteiger partial charge >= 0.3 is 5.97 Å². The number of amides is 1. The summed E-state index contributed by atoms with van der Waals surface area (Å²) in [6.07, 6.45) is 4.40. The van der Waals surface area contributed by atoms with Crippen LogP contribution >= 0.6 is 0 Å². The van der Waals surface area contributed by atoms with Gasteiger partial charge in [-0.15, -0.1) is 0 Å². The number of carbonyl (C=O) groups excluding carboxylic acids is 1. The van der Waals surface area contributed by atoms with Crippen LogP contribution in [0.3, 0.4) is 0 Å². The van der Waals surface area contributed by atoms with Crippen molar-refractivity contribution in [3.8, 4) is 0 Å². The lowest BCUT2D eigenvalue weighted by atomic mass is 9.87. The summed E-state index contributed by atoms with van der Waals surface area (Å²) in [6, 6.07) is 0.294. The Labute approximate surface area is 127 Å². The number of carboxylic acids is 1. The van der Waals surface area contributed by atoms with E-state index in [9.17, 15) is 9.59 Å². The molecule has 6 heteroatoms. The van der Waals surface area contributed by atoms with Crippen LogP contribution in [0.5, 0.6) is 0 Å². The van der Waals surface area contributed by atoms with E-state index in [0.717, 1.165) is 31.6 Å². The molecule has 0 atom stereocenters. The highest BCUT2D eigenvalue weighted by molar-refractivity contribution is 5.79. The van der Waals surface area contributed by atoms with Gasteiger partial charge in [-0.1, -0.05) is 6.92 Å². The monoisotopic (exact) mass is 300 g/mol. The van der Waals surface area contributed by atoms with Crippen LogP contribution in [0.2, 0.25) is 0 Å². The molecular weight excluding hydrogens is 272 g/mol. The number of ether oxygens (including phenoxy) is 1. The summed E-state index contributed by atoms with van der Waals surface area (Å²) >= 11 is 0. The molecule has 0 spiro atoms. The second kappa shape index (κ2) is 9.00. The van der Waals surface area contributed by atoms with Crippen molar-refractivity contribution in [2.75, 3.05) is 40.4 Å². The van der Waals surface area contributed by atoms with E-state index in [1.165, 1.54) is 0 Å². The van der Waals surface area contributed by atoms with Crippen molar-refractivity contribution >= 4 is 11.9 Å². The standard InChI is InChI=1S/C15H28N2O4/c1-12-4-6-13(7-5-12)16(2)14(18)10-17(8-9-21-3)11-15(19)20/h12-13H,4-11H2,1-3H3,(H,19,20). The van der Waals surface area contributed by atoms with Gasteiger partial charge in [0.05, 0.1) is 19.7 Å². The van der Waals surface area contributed by atoms with E-state index in [-0.39, 0.29) is 19.0 Å². The Morgan fingerprint density at radius 2 is 1.81 bits per heavy atom. The van der Waals surface area contributed by atoms with Gasteiger partial charge in [0.15, 0.2) is 0 Å². The van der Waals surface area contributed by atoms with Crippen molar-refractivity contribution < 1.29 is 19.4 Å². The quantitative estimate of drug-likeness (QED) is 0.726. The number of likely N-dealkylation sites (N-methyl/N-ethyl adjacent to an activating group) is 1. The highest BCUT2D eigenvalue weighted by atomic mass is 16.5. The summed E-state index contributed by atoms with van der Waals surface area (Å²) in [5.74, 6) is -0.185. The molecule has 1 aliphatic carbocycles. The first kappa shape index (κ1) is 17.9. The highest BCUT2D eigenvalue weighted by Gasteiger charge is 2.26. The molecule has 1 saturated carbocycles. The second-order valence-corrected chi connectivity index (χ2v) is 6.02. The lowest BCUT2D eigenvalue weighted by molar-refractivity contribution is -0.140. The van der Waals surface area contributed by atoms with Gasteiger partial charge in [0, 0.05) is 26.7 Å². The molecule has 1 rings (SSSR count). The normalized spacial score (nSPS) is 22.3. The van der Waals surface area contributed by atoms with Gasteiger partial charge in [0.2, 0.25) is 5.91 Å². The van der Waals surface area contributed by atoms with E-state index in [2.05, 4.69) is 6.92 Å². The smallest absolute Gasteiger partial charge is 0.317 e. The minimum atomic E-state index is -0.923. The Morgan fingerprint density at radius 3 is 2.33 bits per heavy atom. The van der Waals surface area contributed by atoms with Crippen LogP contribution < -0.4 is 0 Å². The molecule has 21 heavy (non-hydrogen) atoms. The Morgan fingerprint density at radius 1 is 1.19 bits per heavy atom. The predicted octanol–water partition coefficient (Wildman–Crippen LogP) is 1.06. The fourth-order valence-corrected chi connectivity index (χ4v) is 2.76. The number of carbonyl (C=O) groups is 2. The Kier molecular flexibility index (Phi) is 7.67. The first-order valence-electron chi connectivity index (χ1n) is 7.62. The van der Waals surface area contributed by atoms with E-state index in [1.54, 1.807) is 16.9 Å². The summed E-state index contributed by atoms with van der Waals surface area (Å²) in [5.41, 5.74) is 0. The maximum absolute atomic E-state index is 12.3. The summed E-state index contributed by atoms with van der Waals surface area (Å²) < 4.78 is 4.96. The van der Waals surface area contributed by atoms with Crippen LogP contribution in [-0.2, 0) is 14.3 Å². The van der Waals surface area contributed by atoms with Gasteiger partial charge in [0.1, 0.15) is 0 Å². The number of carboxylic acid groups (broad SMARTS) is 1. The molecule has 0 aromatic carbocycles. The zero-order valence-electron chi connectivity index (χ0n) is 13.4. The second-order valence-electron chi connectivity index (χ2n) is 6.02. The third-order valence-corrected chi connectivity index (χ3v) is 4.26. The maximum atomic E-state index is 12.3. The molecule has 1 amide bonds. The molecule has 0 bridgehead atoms. The predicted molar refractivity (Wildman–Crippen MR) is 80.1 cm³/mol. The van der Waals surface area contributed by atoms with Crippen molar-refractivity contribution in [2.24, 2.45) is 5.92 Å². The molecular formula is C15H28N2O4. The molecule has 1 N–H and O–H groups in total. The molecule has 0 unspecified atom stereocenters. The third-order valence-electron chi connectivity index (χ3n) is 4.26. The van der Waals surface area contributed by atoms with E-state index in [0.29, 0.717) is 19.2 Å². The van der Waals surface area contributed by atoms with Gasteiger partial charge in [-0.3, -0.25) is 14.5 Å². The minimum Gasteiger partial charge on any atom is -0.480 e. The van der Waals surface area contributed by atoms with Crippen LogP contribution in [-0.4, -0.2) is 73.2 Å². The Hall–Kier alpha value is -1.14. The third kappa shape index (κ3) is 6.44. The zero-order valence-corrected chi connectivity index (χ0v) is 13.4. The van der Waals surface area contributed by atoms with Gasteiger partial charge in [-0.05, 0) is 31.6 Å². The lowest BCUT2D eigenvalue weighted by Crippen LogP contribution is -2.46. The van der Waals surface area contributed by atoms with E-state index < -0.39 is 5.97 Å². The number of hydrogen-bond acceptors (Lipinski definition) is 4. The average molecular weight is 300 g/mol. The van der Waals surface area contributed by atoms with Gasteiger partial charge in [-0.25, -0.2) is 0 Å². The molecule has 0 radical (unpaired) electrons. The Balaban J connectivity index is 2.48. The number of rotatable bonds is 8. The molecule has 6 nitrogen and oxygen atoms in total. The zero-order chi connectivity index (χ0) is 15.8. The number of nitrogens with zero attached hydrogens (tertiary/aromatic N) is 2. The largest absolute Gasteiger partial charge is 0.480 e. The summed E-state index contributed by atoms with van der Waals surface area (Å²) in [6.45, 7) is 3.12. The molecule has 1 aliphatic rings. The van der Waals surface area contributed by atoms with E-state index in [4.69, 9.17) is 9.84 Å². The fraction of sp³-hybridized carbons (Fsp3) is 0.867. The van der Waals surface area contributed by atoms with Crippen molar-refractivity contribution in [3.63, 3.8) is 0 Å². The summed E-state index contributed by atoms with van der Waals surface area (Å²) in [7, 11) is 3.40. The summed E-state index contributed by atoms with van der Waals surface area (Å²) in [5, 5.41) is 8.91. The van der Waals surface area contributed by atoms with Crippen LogP contribution in [0.25, 0.3) is 0 Å². The van der Waals surface area contributed by atoms with Crippen LogP contribution in [0, 0.1) is 5.92 Å². The Bertz CT molecular complexity index is 341. The first-order chi connectivity index (χ1) is 9.93. The molecule has 0 aliphatic heterocycles. The molecule has 1 fully saturated rings. The molecule has 0 aromatic rings. The highest BCUT2D eigenvalue weighted by Crippen LogP contribution is 2.26. The average Bonchev–Trinajstić information content (AvgIpc) is 2.44. The van der Waals surface area contributed by atoms with Crippen LogP contribution in [0.15, 0.2) is 0 Å². The molecule has 122 valence electrons. The van der Waals surface area contributed by atoms with Gasteiger partial charge in [0.25, 0.3) is 0 Å². The number of methoxy groups -OCH3 is 1. The number of hydrogen-bond donors (Lipinski definition) is 1. The van der Waals surface area contributed by atoms with Crippen molar-refractivity contribution in [2.45, 2.75) is 38.6 Å². The van der Waals surface area contributed by atoms with Gasteiger partial charge < -0.3 is 14.7 Å². The van der Waals surface area contributed by atoms with E-state index >= 15 is 0 Å². The summed E-state index contributed by atoms with van der Waals surface area (Å²) in [4.78, 5) is 26.6. The molecule has 0 heterocycles. The van der Waals surface area contributed by atoms with E-state index in [1.807, 2.05) is 7.05 Å². The SMILES string of the molecule is COCCN(CC(=O)O)CC(=O)N(C)C1CCC(C)CC1. The van der Waals surface area contributed by atoms with Gasteiger partial charge in [-0.2, -0.15) is 0 Å². The van der Waals surface area contributed by atoms with Crippen molar-refractivity contribution in [1.82, 2.24) is 9.80 Å². The van der Waals surface area contributed by atoms with Crippen molar-refractivity contribution in [3.05, 3.63) is 0 Å². The van der Waals surface area contributed by atoms with Crippen LogP contribution in [0.1, 0.15) is 32.6 Å². The lowest BCUT2D eigenvalue weighted by Gasteiger charge is -2.34.